The highest BCUT2D eigenvalue weighted by Crippen LogP contribution is 2.27. The second-order valence-corrected chi connectivity index (χ2v) is 10.3. The summed E-state index contributed by atoms with van der Waals surface area (Å²) in [5, 5.41) is 15.5. The molecule has 3 N–H and O–H groups in total. The van der Waals surface area contributed by atoms with Crippen LogP contribution in [0.1, 0.15) is 58.2 Å². The Balaban J connectivity index is 2.48. The average molecular weight is 528 g/mol. The van der Waals surface area contributed by atoms with E-state index < -0.39 is 35.6 Å². The Bertz CT molecular complexity index is 1060. The molecule has 2 aromatic rings. The number of carbonyl (C=O) groups excluding carboxylic acids is 3. The average Bonchev–Trinajstić information content (AvgIpc) is 2.86. The second-order valence-electron chi connectivity index (χ2n) is 10.3. The van der Waals surface area contributed by atoms with E-state index in [1.54, 1.807) is 64.3 Å². The van der Waals surface area contributed by atoms with Gasteiger partial charge in [0.2, 0.25) is 5.91 Å². The van der Waals surface area contributed by atoms with Crippen molar-refractivity contribution in [3.8, 4) is 5.75 Å². The van der Waals surface area contributed by atoms with Crippen molar-refractivity contribution < 1.29 is 29.0 Å². The Morgan fingerprint density at radius 1 is 1.03 bits per heavy atom. The van der Waals surface area contributed by atoms with Crippen molar-refractivity contribution in [2.24, 2.45) is 5.92 Å². The Hall–Kier alpha value is -3.59. The van der Waals surface area contributed by atoms with Gasteiger partial charge in [-0.2, -0.15) is 0 Å². The van der Waals surface area contributed by atoms with Gasteiger partial charge in [0.05, 0.1) is 13.7 Å². The summed E-state index contributed by atoms with van der Waals surface area (Å²) in [5.41, 5.74) is 1.34. The number of aliphatic hydroxyl groups is 1. The Morgan fingerprint density at radius 2 is 1.63 bits per heavy atom. The molecule has 0 bridgehead atoms. The number of nitrogens with one attached hydrogen (secondary N) is 2. The number of ether oxygens (including phenoxy) is 2. The predicted molar refractivity (Wildman–Crippen MR) is 147 cm³/mol. The van der Waals surface area contributed by atoms with E-state index in [1.165, 1.54) is 4.90 Å². The lowest BCUT2D eigenvalue weighted by atomic mass is 9.95. The molecule has 38 heavy (non-hydrogen) atoms. The van der Waals surface area contributed by atoms with Gasteiger partial charge in [0, 0.05) is 12.2 Å². The molecule has 0 aliphatic carbocycles. The summed E-state index contributed by atoms with van der Waals surface area (Å²) in [6, 6.07) is 12.1. The zero-order valence-electron chi connectivity index (χ0n) is 23.4. The monoisotopic (exact) mass is 527 g/mol. The van der Waals surface area contributed by atoms with Gasteiger partial charge in [-0.25, -0.2) is 4.79 Å². The molecule has 3 amide bonds. The maximum atomic E-state index is 14.0. The summed E-state index contributed by atoms with van der Waals surface area (Å²) in [5.74, 6) is -0.574. The highest BCUT2D eigenvalue weighted by atomic mass is 16.6. The number of aryl methyl sites for hydroxylation is 1. The Labute approximate surface area is 225 Å². The Morgan fingerprint density at radius 3 is 2.13 bits per heavy atom. The number of methoxy groups -OCH3 is 1. The van der Waals surface area contributed by atoms with E-state index in [0.29, 0.717) is 23.4 Å². The first-order valence-electron chi connectivity index (χ1n) is 12.8. The van der Waals surface area contributed by atoms with E-state index in [9.17, 15) is 19.5 Å². The fraction of sp³-hybridized carbons (Fsp3) is 0.483. The molecular weight excluding hydrogens is 486 g/mol. The van der Waals surface area contributed by atoms with Crippen molar-refractivity contribution in [3.05, 3.63) is 59.7 Å². The normalized spacial score (nSPS) is 13.6. The minimum atomic E-state index is -1.07. The molecule has 0 fully saturated rings. The number of aliphatic hydroxyl groups excluding tert-OH is 1. The number of hydrogen-bond acceptors (Lipinski definition) is 6. The molecule has 3 atom stereocenters. The van der Waals surface area contributed by atoms with E-state index in [1.807, 2.05) is 32.9 Å². The lowest BCUT2D eigenvalue weighted by Crippen LogP contribution is -2.55. The number of alkyl carbamates (subject to hydrolysis) is 1. The minimum Gasteiger partial charge on any atom is -0.497 e. The van der Waals surface area contributed by atoms with Crippen LogP contribution in [0.4, 0.5) is 10.5 Å². The third-order valence-corrected chi connectivity index (χ3v) is 6.09. The molecule has 0 saturated heterocycles. The molecule has 9 nitrogen and oxygen atoms in total. The van der Waals surface area contributed by atoms with Gasteiger partial charge >= 0.3 is 6.09 Å². The molecule has 0 spiro atoms. The molecule has 3 unspecified atom stereocenters. The first-order valence-corrected chi connectivity index (χ1v) is 12.8. The van der Waals surface area contributed by atoms with E-state index in [4.69, 9.17) is 9.47 Å². The molecule has 2 aromatic carbocycles. The van der Waals surface area contributed by atoms with Crippen molar-refractivity contribution in [2.45, 2.75) is 65.6 Å². The van der Waals surface area contributed by atoms with Crippen LogP contribution in [-0.4, -0.2) is 59.8 Å². The first-order chi connectivity index (χ1) is 17.9. The van der Waals surface area contributed by atoms with Crippen LogP contribution in [0.15, 0.2) is 48.5 Å². The van der Waals surface area contributed by atoms with Crippen molar-refractivity contribution >= 4 is 23.6 Å². The zero-order chi connectivity index (χ0) is 28.5. The highest BCUT2D eigenvalue weighted by Gasteiger charge is 2.38. The summed E-state index contributed by atoms with van der Waals surface area (Å²) in [4.78, 5) is 41.7. The molecule has 0 aromatic heterocycles. The smallest absolute Gasteiger partial charge is 0.408 e. The quantitative estimate of drug-likeness (QED) is 0.398. The molecule has 9 heteroatoms. The fourth-order valence-electron chi connectivity index (χ4n) is 3.88. The number of nitrogens with zero attached hydrogens (tertiary/aromatic N) is 1. The summed E-state index contributed by atoms with van der Waals surface area (Å²) in [6.07, 6.45) is -0.137. The molecule has 0 saturated carbocycles. The van der Waals surface area contributed by atoms with E-state index >= 15 is 0 Å². The lowest BCUT2D eigenvalue weighted by molar-refractivity contribution is -0.142. The van der Waals surface area contributed by atoms with Crippen LogP contribution < -0.4 is 15.4 Å². The third-order valence-electron chi connectivity index (χ3n) is 6.09. The van der Waals surface area contributed by atoms with Crippen molar-refractivity contribution in [3.63, 3.8) is 0 Å². The third kappa shape index (κ3) is 8.76. The topological polar surface area (TPSA) is 117 Å². The van der Waals surface area contributed by atoms with Crippen molar-refractivity contribution in [2.75, 3.05) is 25.6 Å². The summed E-state index contributed by atoms with van der Waals surface area (Å²) in [7, 11) is 1.55. The highest BCUT2D eigenvalue weighted by molar-refractivity contribution is 5.99. The fourth-order valence-corrected chi connectivity index (χ4v) is 3.88. The van der Waals surface area contributed by atoms with Gasteiger partial charge < -0.3 is 30.1 Å². The number of rotatable bonds is 11. The van der Waals surface area contributed by atoms with Crippen LogP contribution in [-0.2, 0) is 14.3 Å². The van der Waals surface area contributed by atoms with Crippen molar-refractivity contribution in [1.82, 2.24) is 10.2 Å². The molecule has 208 valence electrons. The SMILES string of the molecule is CCC(C)C(NC(=O)OC(C)(C)C)C(=O)N(CCO)C(C(=O)Nc1ccc(OC)cc1)c1ccc(C)cc1. The van der Waals surface area contributed by atoms with Gasteiger partial charge in [-0.1, -0.05) is 50.1 Å². The lowest BCUT2D eigenvalue weighted by Gasteiger charge is -2.35. The molecular formula is C29H41N3O6. The standard InChI is InChI=1S/C29H41N3O6/c1-8-20(3)24(31-28(36)38-29(4,5)6)27(35)32(17-18-33)25(21-11-9-19(2)10-12-21)26(34)30-22-13-15-23(37-7)16-14-22/h9-16,20,24-25,33H,8,17-18H2,1-7H3,(H,30,34)(H,31,36). The summed E-state index contributed by atoms with van der Waals surface area (Å²) in [6.45, 7) is 10.4. The number of hydrogen-bond donors (Lipinski definition) is 3. The zero-order valence-corrected chi connectivity index (χ0v) is 23.4. The van der Waals surface area contributed by atoms with Crippen LogP contribution >= 0.6 is 0 Å². The van der Waals surface area contributed by atoms with Crippen LogP contribution in [0, 0.1) is 12.8 Å². The van der Waals surface area contributed by atoms with Crippen molar-refractivity contribution in [1.29, 1.82) is 0 Å². The van der Waals surface area contributed by atoms with Gasteiger partial charge in [-0.15, -0.1) is 0 Å². The largest absolute Gasteiger partial charge is 0.497 e. The van der Waals surface area contributed by atoms with Crippen LogP contribution in [0.2, 0.25) is 0 Å². The Kier molecular flexibility index (Phi) is 11.1. The van der Waals surface area contributed by atoms with Gasteiger partial charge in [-0.3, -0.25) is 9.59 Å². The number of anilines is 1. The van der Waals surface area contributed by atoms with Gasteiger partial charge in [0.25, 0.3) is 5.91 Å². The van der Waals surface area contributed by atoms with E-state index in [0.717, 1.165) is 5.56 Å². The van der Waals surface area contributed by atoms with Gasteiger partial charge in [-0.05, 0) is 63.4 Å². The number of amides is 3. The predicted octanol–water partition coefficient (Wildman–Crippen LogP) is 4.44. The van der Waals surface area contributed by atoms with E-state index in [-0.39, 0.29) is 19.1 Å². The maximum Gasteiger partial charge on any atom is 0.408 e. The second kappa shape index (κ2) is 13.8. The maximum absolute atomic E-state index is 14.0. The summed E-state index contributed by atoms with van der Waals surface area (Å²) < 4.78 is 10.6. The van der Waals surface area contributed by atoms with Crippen LogP contribution in [0.5, 0.6) is 5.75 Å². The van der Waals surface area contributed by atoms with Crippen LogP contribution in [0.25, 0.3) is 0 Å². The van der Waals surface area contributed by atoms with Gasteiger partial charge in [0.1, 0.15) is 23.4 Å². The molecule has 0 radical (unpaired) electrons. The van der Waals surface area contributed by atoms with E-state index in [2.05, 4.69) is 10.6 Å². The first kappa shape index (κ1) is 30.6. The number of benzene rings is 2. The molecule has 0 aliphatic heterocycles. The molecule has 0 aliphatic rings. The summed E-state index contributed by atoms with van der Waals surface area (Å²) >= 11 is 0. The molecule has 0 heterocycles. The molecule has 2 rings (SSSR count). The minimum absolute atomic E-state index is 0.115. The van der Waals surface area contributed by atoms with Gasteiger partial charge in [0.15, 0.2) is 0 Å². The number of carbonyl (C=O) groups is 3. The van der Waals surface area contributed by atoms with Crippen LogP contribution in [0.3, 0.4) is 0 Å².